The lowest BCUT2D eigenvalue weighted by atomic mass is 10.0. The summed E-state index contributed by atoms with van der Waals surface area (Å²) in [5.74, 6) is -1.42. The maximum Gasteiger partial charge on any atom is 0.408 e. The van der Waals surface area contributed by atoms with Crippen molar-refractivity contribution in [2.45, 2.75) is 109 Å². The fourth-order valence-electron chi connectivity index (χ4n) is 5.61. The molecule has 2 aliphatic heterocycles. The summed E-state index contributed by atoms with van der Waals surface area (Å²) in [7, 11) is 0. The van der Waals surface area contributed by atoms with E-state index in [1.54, 1.807) is 38.6 Å². The Kier molecular flexibility index (Phi) is 8.84. The molecule has 0 aromatic carbocycles. The smallest absolute Gasteiger partial charge is 0.408 e. The molecule has 2 fully saturated rings. The second kappa shape index (κ2) is 12.0. The van der Waals surface area contributed by atoms with E-state index in [1.807, 2.05) is 19.1 Å². The summed E-state index contributed by atoms with van der Waals surface area (Å²) < 4.78 is 12.5. The van der Waals surface area contributed by atoms with Gasteiger partial charge in [-0.2, -0.15) is 0 Å². The van der Waals surface area contributed by atoms with Gasteiger partial charge in [0.05, 0.1) is 24.5 Å². The molecule has 3 aliphatic rings. The lowest BCUT2D eigenvalue weighted by Gasteiger charge is -2.30. The summed E-state index contributed by atoms with van der Waals surface area (Å²) in [4.78, 5) is 55.1. The second-order valence-electron chi connectivity index (χ2n) is 12.0. The molecule has 0 spiro atoms. The third-order valence-corrected chi connectivity index (χ3v) is 7.69. The molecule has 0 bridgehead atoms. The average molecular weight is 559 g/mol. The highest BCUT2D eigenvalue weighted by molar-refractivity contribution is 5.96. The highest BCUT2D eigenvalue weighted by atomic mass is 16.6. The first-order valence-corrected chi connectivity index (χ1v) is 14.3. The predicted molar refractivity (Wildman–Crippen MR) is 145 cm³/mol. The number of nitrogens with zero attached hydrogens (tertiary/aromatic N) is 4. The molecule has 40 heavy (non-hydrogen) atoms. The lowest BCUT2D eigenvalue weighted by molar-refractivity contribution is -0.150. The molecule has 5 atom stereocenters. The highest BCUT2D eigenvalue weighted by Gasteiger charge is 2.62. The van der Waals surface area contributed by atoms with Crippen LogP contribution >= 0.6 is 0 Å². The Bertz CT molecular complexity index is 1140. The maximum absolute atomic E-state index is 14.0. The van der Waals surface area contributed by atoms with Gasteiger partial charge in [-0.25, -0.2) is 14.3 Å². The van der Waals surface area contributed by atoms with Crippen molar-refractivity contribution in [1.29, 1.82) is 0 Å². The van der Waals surface area contributed by atoms with Gasteiger partial charge < -0.3 is 25.0 Å². The molecule has 1 aromatic heterocycles. The van der Waals surface area contributed by atoms with Crippen molar-refractivity contribution in [2.24, 2.45) is 5.92 Å². The number of rotatable bonds is 4. The largest absolute Gasteiger partial charge is 0.464 e. The molecule has 3 heterocycles. The predicted octanol–water partition coefficient (Wildman–Crippen LogP) is 2.58. The van der Waals surface area contributed by atoms with Crippen LogP contribution in [-0.4, -0.2) is 80.1 Å². The normalized spacial score (nSPS) is 30.2. The molecule has 4 rings (SSSR count). The fraction of sp³-hybridized carbons (Fsp3) is 0.714. The van der Waals surface area contributed by atoms with Gasteiger partial charge >= 0.3 is 12.1 Å². The quantitative estimate of drug-likeness (QED) is 0.424. The second-order valence-corrected chi connectivity index (χ2v) is 12.0. The SMILES string of the molecule is CCOC(=O)[C@@]12C[C@H]1/C=C\CCCCC[C@H](NC(=O)OC(C)(C)C)C(=O)N1C[C@H](n3nncc3C)C[C@H]1C(=O)N2. The number of aryl methyl sites for hydroxylation is 1. The van der Waals surface area contributed by atoms with Crippen LogP contribution in [0, 0.1) is 12.8 Å². The van der Waals surface area contributed by atoms with E-state index in [2.05, 4.69) is 20.9 Å². The average Bonchev–Trinajstić information content (AvgIpc) is 3.17. The first-order chi connectivity index (χ1) is 18.9. The minimum Gasteiger partial charge on any atom is -0.464 e. The molecule has 0 unspecified atom stereocenters. The van der Waals surface area contributed by atoms with Gasteiger partial charge in [-0.05, 0) is 60.3 Å². The molecule has 0 radical (unpaired) electrons. The van der Waals surface area contributed by atoms with E-state index < -0.39 is 41.2 Å². The third kappa shape index (κ3) is 6.64. The van der Waals surface area contributed by atoms with Crippen molar-refractivity contribution < 1.29 is 28.7 Å². The number of hydrogen-bond donors (Lipinski definition) is 2. The number of fused-ring (bicyclic) bond motifs is 2. The Labute approximate surface area is 235 Å². The number of hydrogen-bond acceptors (Lipinski definition) is 8. The van der Waals surface area contributed by atoms with E-state index in [4.69, 9.17) is 9.47 Å². The number of ether oxygens (including phenoxy) is 2. The van der Waals surface area contributed by atoms with Crippen LogP contribution in [0.3, 0.4) is 0 Å². The van der Waals surface area contributed by atoms with Gasteiger partial charge in [0.2, 0.25) is 11.8 Å². The van der Waals surface area contributed by atoms with Crippen LogP contribution in [0.15, 0.2) is 18.3 Å². The Hall–Kier alpha value is -3.44. The summed E-state index contributed by atoms with van der Waals surface area (Å²) in [6.07, 6.45) is 9.42. The van der Waals surface area contributed by atoms with Crippen molar-refractivity contribution in [2.75, 3.05) is 13.2 Å². The van der Waals surface area contributed by atoms with Crippen LogP contribution in [0.4, 0.5) is 4.79 Å². The molecule has 1 aromatic rings. The van der Waals surface area contributed by atoms with Crippen LogP contribution in [-0.2, 0) is 23.9 Å². The number of nitrogens with one attached hydrogen (secondary N) is 2. The van der Waals surface area contributed by atoms with Crippen molar-refractivity contribution in [3.8, 4) is 0 Å². The summed E-state index contributed by atoms with van der Waals surface area (Å²) >= 11 is 0. The standard InChI is InChI=1S/C28H42N6O6/c1-6-39-25(37)28-15-19(28)12-10-8-7-9-11-13-21(30-26(38)40-27(3,4)5)24(36)33-17-20(14-22(33)23(35)31-28)34-18(2)16-29-32-34/h10,12,16,19-22H,6-9,11,13-15,17H2,1-5H3,(H,30,38)(H,31,35)/b12-10-/t19-,20-,21+,22+,28-/m1/s1. The fourth-order valence-corrected chi connectivity index (χ4v) is 5.61. The molecule has 3 amide bonds. The molecular weight excluding hydrogens is 516 g/mol. The molecule has 220 valence electrons. The van der Waals surface area contributed by atoms with Crippen LogP contribution < -0.4 is 10.6 Å². The van der Waals surface area contributed by atoms with E-state index in [1.165, 1.54) is 4.90 Å². The number of esters is 1. The summed E-state index contributed by atoms with van der Waals surface area (Å²) in [5.41, 5.74) is -1.07. The minimum atomic E-state index is -1.14. The topological polar surface area (TPSA) is 145 Å². The van der Waals surface area contributed by atoms with E-state index in [-0.39, 0.29) is 31.0 Å². The molecule has 1 aliphatic carbocycles. The Balaban J connectivity index is 1.65. The number of amides is 3. The van der Waals surface area contributed by atoms with Crippen molar-refractivity contribution in [3.05, 3.63) is 24.0 Å². The summed E-state index contributed by atoms with van der Waals surface area (Å²) in [6, 6.07) is -2.03. The minimum absolute atomic E-state index is 0.166. The van der Waals surface area contributed by atoms with E-state index in [0.717, 1.165) is 25.0 Å². The molecule has 1 saturated carbocycles. The van der Waals surface area contributed by atoms with Crippen molar-refractivity contribution in [3.63, 3.8) is 0 Å². The molecular formula is C28H42N6O6. The van der Waals surface area contributed by atoms with Gasteiger partial charge in [0.25, 0.3) is 0 Å². The van der Waals surface area contributed by atoms with Crippen molar-refractivity contribution in [1.82, 2.24) is 30.5 Å². The van der Waals surface area contributed by atoms with Crippen LogP contribution in [0.1, 0.15) is 84.4 Å². The molecule has 1 saturated heterocycles. The summed E-state index contributed by atoms with van der Waals surface area (Å²) in [5, 5.41) is 13.9. The Morgan fingerprint density at radius 3 is 2.67 bits per heavy atom. The van der Waals surface area contributed by atoms with Gasteiger partial charge in [-0.15, -0.1) is 5.10 Å². The molecule has 12 heteroatoms. The van der Waals surface area contributed by atoms with Gasteiger partial charge in [0, 0.05) is 18.9 Å². The number of alkyl carbamates (subject to hydrolysis) is 1. The van der Waals surface area contributed by atoms with Gasteiger partial charge in [0.1, 0.15) is 23.2 Å². The van der Waals surface area contributed by atoms with Crippen LogP contribution in [0.2, 0.25) is 0 Å². The zero-order chi connectivity index (χ0) is 29.1. The summed E-state index contributed by atoms with van der Waals surface area (Å²) in [6.45, 7) is 9.28. The van der Waals surface area contributed by atoms with E-state index >= 15 is 0 Å². The first-order valence-electron chi connectivity index (χ1n) is 14.3. The Morgan fingerprint density at radius 1 is 1.23 bits per heavy atom. The van der Waals surface area contributed by atoms with E-state index in [9.17, 15) is 19.2 Å². The highest BCUT2D eigenvalue weighted by Crippen LogP contribution is 2.46. The number of carbonyl (C=O) groups is 4. The Morgan fingerprint density at radius 2 is 2.00 bits per heavy atom. The van der Waals surface area contributed by atoms with Gasteiger partial charge in [0.15, 0.2) is 0 Å². The maximum atomic E-state index is 14.0. The van der Waals surface area contributed by atoms with E-state index in [0.29, 0.717) is 25.7 Å². The van der Waals surface area contributed by atoms with Gasteiger partial charge in [-0.1, -0.05) is 30.2 Å². The first kappa shape index (κ1) is 29.5. The van der Waals surface area contributed by atoms with Crippen molar-refractivity contribution >= 4 is 23.9 Å². The van der Waals surface area contributed by atoms with Crippen LogP contribution in [0.25, 0.3) is 0 Å². The third-order valence-electron chi connectivity index (χ3n) is 7.69. The zero-order valence-corrected chi connectivity index (χ0v) is 24.1. The zero-order valence-electron chi connectivity index (χ0n) is 24.1. The molecule has 12 nitrogen and oxygen atoms in total. The lowest BCUT2D eigenvalue weighted by Crippen LogP contribution is -2.56. The molecule has 2 N–H and O–H groups in total. The van der Waals surface area contributed by atoms with Crippen LogP contribution in [0.5, 0.6) is 0 Å². The number of allylic oxidation sites excluding steroid dienone is 1. The van der Waals surface area contributed by atoms with Gasteiger partial charge in [-0.3, -0.25) is 9.59 Å². The number of aromatic nitrogens is 3. The number of carbonyl (C=O) groups excluding carboxylic acids is 4. The monoisotopic (exact) mass is 558 g/mol.